The van der Waals surface area contributed by atoms with E-state index in [2.05, 4.69) is 9.72 Å². The van der Waals surface area contributed by atoms with Crippen molar-refractivity contribution in [2.45, 2.75) is 6.42 Å². The molecule has 1 aromatic heterocycles. The van der Waals surface area contributed by atoms with Crippen molar-refractivity contribution in [2.24, 2.45) is 0 Å². The standard InChI is InChI=1S/C10H9NO3/c12-7-13-4-3-8-1-2-9-10(5-8)14-6-11-9/h1-2,5-7H,3-4H2. The van der Waals surface area contributed by atoms with Crippen LogP contribution in [0.3, 0.4) is 0 Å². The van der Waals surface area contributed by atoms with Crippen LogP contribution in [0, 0.1) is 0 Å². The first kappa shape index (κ1) is 8.74. The van der Waals surface area contributed by atoms with Crippen molar-refractivity contribution in [3.63, 3.8) is 0 Å². The molecular weight excluding hydrogens is 182 g/mol. The summed E-state index contributed by atoms with van der Waals surface area (Å²) in [7, 11) is 0. The number of fused-ring (bicyclic) bond motifs is 1. The van der Waals surface area contributed by atoms with Gasteiger partial charge < -0.3 is 9.15 Å². The van der Waals surface area contributed by atoms with Crippen molar-refractivity contribution in [3.05, 3.63) is 30.2 Å². The largest absolute Gasteiger partial charge is 0.468 e. The van der Waals surface area contributed by atoms with Crippen molar-refractivity contribution in [2.75, 3.05) is 6.61 Å². The van der Waals surface area contributed by atoms with E-state index < -0.39 is 0 Å². The van der Waals surface area contributed by atoms with Gasteiger partial charge in [-0.3, -0.25) is 4.79 Å². The minimum atomic E-state index is 0.392. The number of oxazole rings is 1. The Balaban J connectivity index is 2.13. The third-order valence-corrected chi connectivity index (χ3v) is 1.97. The molecule has 2 rings (SSSR count). The van der Waals surface area contributed by atoms with Gasteiger partial charge in [-0.25, -0.2) is 4.98 Å². The second-order valence-electron chi connectivity index (χ2n) is 2.87. The van der Waals surface area contributed by atoms with Crippen LogP contribution in [0.2, 0.25) is 0 Å². The highest BCUT2D eigenvalue weighted by Crippen LogP contribution is 2.14. The zero-order chi connectivity index (χ0) is 9.80. The zero-order valence-corrected chi connectivity index (χ0v) is 7.47. The zero-order valence-electron chi connectivity index (χ0n) is 7.47. The Hall–Kier alpha value is -1.84. The molecule has 0 radical (unpaired) electrons. The summed E-state index contributed by atoms with van der Waals surface area (Å²) in [6, 6.07) is 5.73. The van der Waals surface area contributed by atoms with E-state index in [1.807, 2.05) is 18.2 Å². The molecule has 0 spiro atoms. The predicted octanol–water partition coefficient (Wildman–Crippen LogP) is 1.54. The fourth-order valence-corrected chi connectivity index (χ4v) is 1.28. The van der Waals surface area contributed by atoms with E-state index in [1.54, 1.807) is 0 Å². The molecule has 0 saturated heterocycles. The smallest absolute Gasteiger partial charge is 0.293 e. The van der Waals surface area contributed by atoms with Gasteiger partial charge in [-0.15, -0.1) is 0 Å². The minimum Gasteiger partial charge on any atom is -0.468 e. The molecule has 4 heteroatoms. The molecule has 0 aliphatic heterocycles. The Kier molecular flexibility index (Phi) is 2.44. The maximum atomic E-state index is 9.92. The van der Waals surface area contributed by atoms with Gasteiger partial charge in [0.05, 0.1) is 6.61 Å². The fraction of sp³-hybridized carbons (Fsp3) is 0.200. The van der Waals surface area contributed by atoms with Crippen molar-refractivity contribution in [3.8, 4) is 0 Å². The van der Waals surface area contributed by atoms with Gasteiger partial charge >= 0.3 is 0 Å². The van der Waals surface area contributed by atoms with Crippen LogP contribution in [-0.4, -0.2) is 18.1 Å². The van der Waals surface area contributed by atoms with Crippen molar-refractivity contribution in [1.82, 2.24) is 4.98 Å². The van der Waals surface area contributed by atoms with Crippen LogP contribution < -0.4 is 0 Å². The van der Waals surface area contributed by atoms with E-state index >= 15 is 0 Å². The average Bonchev–Trinajstić information content (AvgIpc) is 2.65. The van der Waals surface area contributed by atoms with E-state index in [1.165, 1.54) is 6.39 Å². The number of hydrogen-bond donors (Lipinski definition) is 0. The lowest BCUT2D eigenvalue weighted by Gasteiger charge is -1.98. The van der Waals surface area contributed by atoms with E-state index in [-0.39, 0.29) is 0 Å². The molecule has 0 bridgehead atoms. The molecule has 2 aromatic rings. The third kappa shape index (κ3) is 1.74. The molecule has 0 unspecified atom stereocenters. The number of rotatable bonds is 4. The van der Waals surface area contributed by atoms with Gasteiger partial charge in [-0.2, -0.15) is 0 Å². The number of hydrogen-bond acceptors (Lipinski definition) is 4. The van der Waals surface area contributed by atoms with Gasteiger partial charge in [-0.1, -0.05) is 6.07 Å². The normalized spacial score (nSPS) is 10.3. The molecule has 72 valence electrons. The first-order valence-corrected chi connectivity index (χ1v) is 4.27. The molecule has 0 aliphatic rings. The van der Waals surface area contributed by atoms with Crippen LogP contribution >= 0.6 is 0 Å². The summed E-state index contributed by atoms with van der Waals surface area (Å²) < 4.78 is 9.75. The third-order valence-electron chi connectivity index (χ3n) is 1.97. The molecule has 0 fully saturated rings. The first-order valence-electron chi connectivity index (χ1n) is 4.27. The molecule has 0 aliphatic carbocycles. The van der Waals surface area contributed by atoms with Crippen LogP contribution in [-0.2, 0) is 16.0 Å². The summed E-state index contributed by atoms with van der Waals surface area (Å²) in [6.45, 7) is 0.843. The highest BCUT2D eigenvalue weighted by Gasteiger charge is 1.99. The minimum absolute atomic E-state index is 0.392. The Morgan fingerprint density at radius 2 is 2.43 bits per heavy atom. The highest BCUT2D eigenvalue weighted by atomic mass is 16.5. The Morgan fingerprint density at radius 1 is 1.50 bits per heavy atom. The molecule has 1 heterocycles. The first-order chi connectivity index (χ1) is 6.90. The molecule has 1 aromatic carbocycles. The van der Waals surface area contributed by atoms with Crippen LogP contribution in [0.25, 0.3) is 11.1 Å². The highest BCUT2D eigenvalue weighted by molar-refractivity contribution is 5.72. The topological polar surface area (TPSA) is 52.3 Å². The summed E-state index contributed by atoms with van der Waals surface area (Å²) in [6.07, 6.45) is 2.10. The van der Waals surface area contributed by atoms with Gasteiger partial charge in [0.25, 0.3) is 6.47 Å². The maximum absolute atomic E-state index is 9.92. The van der Waals surface area contributed by atoms with Crippen molar-refractivity contribution in [1.29, 1.82) is 0 Å². The lowest BCUT2D eigenvalue weighted by molar-refractivity contribution is -0.128. The monoisotopic (exact) mass is 191 g/mol. The van der Waals surface area contributed by atoms with Gasteiger partial charge in [0.2, 0.25) is 0 Å². The second kappa shape index (κ2) is 3.91. The number of carbonyl (C=O) groups excluding carboxylic acids is 1. The van der Waals surface area contributed by atoms with E-state index in [0.717, 1.165) is 16.7 Å². The number of nitrogens with zero attached hydrogens (tertiary/aromatic N) is 1. The summed E-state index contributed by atoms with van der Waals surface area (Å²) in [4.78, 5) is 13.9. The molecule has 0 saturated carbocycles. The number of ether oxygens (including phenoxy) is 1. The second-order valence-corrected chi connectivity index (χ2v) is 2.87. The molecule has 0 amide bonds. The molecule has 4 nitrogen and oxygen atoms in total. The van der Waals surface area contributed by atoms with Crippen molar-refractivity contribution < 1.29 is 13.9 Å². The summed E-state index contributed by atoms with van der Waals surface area (Å²) in [5.41, 5.74) is 2.66. The number of benzene rings is 1. The van der Waals surface area contributed by atoms with Gasteiger partial charge in [-0.05, 0) is 17.7 Å². The Morgan fingerprint density at radius 3 is 3.29 bits per heavy atom. The van der Waals surface area contributed by atoms with E-state index in [9.17, 15) is 4.79 Å². The van der Waals surface area contributed by atoms with E-state index in [4.69, 9.17) is 4.42 Å². The molecular formula is C10H9NO3. The molecule has 0 atom stereocenters. The Labute approximate surface area is 80.5 Å². The molecule has 0 N–H and O–H groups in total. The predicted molar refractivity (Wildman–Crippen MR) is 49.7 cm³/mol. The fourth-order valence-electron chi connectivity index (χ4n) is 1.28. The van der Waals surface area contributed by atoms with Gasteiger partial charge in [0.1, 0.15) is 5.52 Å². The lowest BCUT2D eigenvalue weighted by Crippen LogP contribution is -1.96. The van der Waals surface area contributed by atoms with Crippen molar-refractivity contribution >= 4 is 17.6 Å². The lowest BCUT2D eigenvalue weighted by atomic mass is 10.1. The Bertz CT molecular complexity index is 436. The summed E-state index contributed by atoms with van der Waals surface area (Å²) in [5.74, 6) is 0. The van der Waals surface area contributed by atoms with Crippen LogP contribution in [0.5, 0.6) is 0 Å². The maximum Gasteiger partial charge on any atom is 0.293 e. The van der Waals surface area contributed by atoms with Gasteiger partial charge in [0, 0.05) is 6.42 Å². The van der Waals surface area contributed by atoms with E-state index in [0.29, 0.717) is 19.5 Å². The average molecular weight is 191 g/mol. The van der Waals surface area contributed by atoms with Crippen LogP contribution in [0.4, 0.5) is 0 Å². The number of carbonyl (C=O) groups is 1. The van der Waals surface area contributed by atoms with Crippen LogP contribution in [0.1, 0.15) is 5.56 Å². The SMILES string of the molecule is O=COCCc1ccc2ncoc2c1. The molecule has 14 heavy (non-hydrogen) atoms. The quantitative estimate of drug-likeness (QED) is 0.543. The summed E-state index contributed by atoms with van der Waals surface area (Å²) in [5, 5.41) is 0. The summed E-state index contributed by atoms with van der Waals surface area (Å²) >= 11 is 0. The number of aromatic nitrogens is 1. The van der Waals surface area contributed by atoms with Gasteiger partial charge in [0.15, 0.2) is 12.0 Å². The van der Waals surface area contributed by atoms with Crippen LogP contribution in [0.15, 0.2) is 29.0 Å².